The molecule has 0 aliphatic carbocycles. The first-order chi connectivity index (χ1) is 33.0. The lowest BCUT2D eigenvalue weighted by molar-refractivity contribution is -0.870. The Morgan fingerprint density at radius 1 is 0.500 bits per heavy atom. The molecule has 0 rings (SSSR count). The molecule has 0 saturated heterocycles. The average molecular weight is 978 g/mol. The number of likely N-dealkylation sites (N-methyl/N-ethyl adjacent to an activating group) is 1. The van der Waals surface area contributed by atoms with Crippen molar-refractivity contribution >= 4 is 13.7 Å². The lowest BCUT2D eigenvalue weighted by Gasteiger charge is -2.29. The fourth-order valence-electron chi connectivity index (χ4n) is 8.42. The number of phosphoric ester groups is 1. The SMILES string of the molecule is CCCCCCCCCC/C=C/CC/C=C/CC/C=C/C(O)C(COP(=O)([O-])OCC[N+](C)(C)C)NC(=O)CCCCCCCCCCCCCC/C=C\CCCCCCCCCCCCCC. The fourth-order valence-corrected chi connectivity index (χ4v) is 9.14. The van der Waals surface area contributed by atoms with Gasteiger partial charge >= 0.3 is 0 Å². The van der Waals surface area contributed by atoms with Crippen LogP contribution in [0.2, 0.25) is 0 Å². The molecule has 3 atom stereocenters. The van der Waals surface area contributed by atoms with Crippen molar-refractivity contribution in [1.82, 2.24) is 5.32 Å². The van der Waals surface area contributed by atoms with Crippen LogP contribution < -0.4 is 10.2 Å². The van der Waals surface area contributed by atoms with E-state index in [1.54, 1.807) is 6.08 Å². The van der Waals surface area contributed by atoms with E-state index in [0.717, 1.165) is 44.9 Å². The topological polar surface area (TPSA) is 108 Å². The van der Waals surface area contributed by atoms with E-state index in [2.05, 4.69) is 55.6 Å². The van der Waals surface area contributed by atoms with Crippen LogP contribution in [-0.2, 0) is 18.4 Å². The van der Waals surface area contributed by atoms with E-state index in [1.807, 2.05) is 27.2 Å². The second kappa shape index (κ2) is 50.4. The highest BCUT2D eigenvalue weighted by atomic mass is 31.2. The maximum absolute atomic E-state index is 13.0. The van der Waals surface area contributed by atoms with Gasteiger partial charge < -0.3 is 28.8 Å². The number of nitrogens with one attached hydrogen (secondary N) is 1. The van der Waals surface area contributed by atoms with E-state index in [1.165, 1.54) is 205 Å². The zero-order valence-electron chi connectivity index (χ0n) is 45.6. The number of quaternary nitrogens is 1. The molecule has 1 amide bonds. The highest BCUT2D eigenvalue weighted by molar-refractivity contribution is 7.45. The molecule has 0 radical (unpaired) electrons. The van der Waals surface area contributed by atoms with Crippen molar-refractivity contribution in [3.05, 3.63) is 48.6 Å². The van der Waals surface area contributed by atoms with Crippen LogP contribution in [0.25, 0.3) is 0 Å². The first-order valence-electron chi connectivity index (χ1n) is 29.0. The van der Waals surface area contributed by atoms with Gasteiger partial charge in [-0.3, -0.25) is 9.36 Å². The van der Waals surface area contributed by atoms with Crippen molar-refractivity contribution in [3.63, 3.8) is 0 Å². The third-order valence-electron chi connectivity index (χ3n) is 13.0. The van der Waals surface area contributed by atoms with Crippen molar-refractivity contribution in [2.45, 2.75) is 283 Å². The summed E-state index contributed by atoms with van der Waals surface area (Å²) in [4.78, 5) is 25.5. The Morgan fingerprint density at radius 2 is 0.824 bits per heavy atom. The van der Waals surface area contributed by atoms with Crippen LogP contribution in [-0.4, -0.2) is 68.5 Å². The molecule has 0 aromatic rings. The largest absolute Gasteiger partial charge is 0.756 e. The molecule has 400 valence electrons. The van der Waals surface area contributed by atoms with E-state index in [-0.39, 0.29) is 12.5 Å². The molecule has 0 spiro atoms. The normalized spacial score (nSPS) is 14.3. The number of amides is 1. The predicted molar refractivity (Wildman–Crippen MR) is 293 cm³/mol. The Hall–Kier alpha value is -1.54. The maximum Gasteiger partial charge on any atom is 0.268 e. The van der Waals surface area contributed by atoms with Crippen molar-refractivity contribution in [2.75, 3.05) is 40.9 Å². The standard InChI is InChI=1S/C59H113N2O6P/c1-6-8-10-12-14-16-18-20-22-24-26-27-28-29-30-31-32-33-34-35-37-39-41-43-45-47-49-51-53-59(63)60-57(56-67-68(64,65)66-55-54-61(3,4)5)58(62)52-50-48-46-44-42-40-38-36-25-23-21-19-17-15-13-11-9-7-2/h25,29-30,36,42,44,50,52,57-58,62H,6-24,26-28,31-35,37-41,43,45-49,51,53-56H2,1-5H3,(H-,60,63,64,65)/b30-29-,36-25+,44-42+,52-50+. The highest BCUT2D eigenvalue weighted by Crippen LogP contribution is 2.38. The van der Waals surface area contributed by atoms with Crippen LogP contribution in [0.1, 0.15) is 271 Å². The van der Waals surface area contributed by atoms with Gasteiger partial charge in [-0.1, -0.05) is 242 Å². The Kier molecular flexibility index (Phi) is 49.3. The molecule has 0 aliphatic rings. The molecule has 8 nitrogen and oxygen atoms in total. The van der Waals surface area contributed by atoms with Crippen molar-refractivity contribution in [2.24, 2.45) is 0 Å². The number of hydrogen-bond acceptors (Lipinski definition) is 6. The summed E-state index contributed by atoms with van der Waals surface area (Å²) in [6.45, 7) is 4.64. The molecule has 0 saturated carbocycles. The van der Waals surface area contributed by atoms with Gasteiger partial charge in [-0.2, -0.15) is 0 Å². The molecule has 0 aromatic carbocycles. The van der Waals surface area contributed by atoms with Gasteiger partial charge in [0.05, 0.1) is 39.9 Å². The number of allylic oxidation sites excluding steroid dienone is 7. The minimum Gasteiger partial charge on any atom is -0.756 e. The van der Waals surface area contributed by atoms with Crippen LogP contribution in [0.4, 0.5) is 0 Å². The fraction of sp³-hybridized carbons (Fsp3) is 0.847. The van der Waals surface area contributed by atoms with Crippen molar-refractivity contribution in [1.29, 1.82) is 0 Å². The molecular formula is C59H113N2O6P. The number of phosphoric acid groups is 1. The van der Waals surface area contributed by atoms with Gasteiger partial charge in [-0.05, 0) is 70.6 Å². The number of unbranched alkanes of at least 4 members (excludes halogenated alkanes) is 34. The number of aliphatic hydroxyl groups is 1. The van der Waals surface area contributed by atoms with Crippen LogP contribution in [0.3, 0.4) is 0 Å². The summed E-state index contributed by atoms with van der Waals surface area (Å²) in [6, 6.07) is -0.910. The summed E-state index contributed by atoms with van der Waals surface area (Å²) in [5.74, 6) is -0.210. The number of rotatable bonds is 53. The molecule has 3 unspecified atom stereocenters. The van der Waals surface area contributed by atoms with Crippen LogP contribution in [0, 0.1) is 0 Å². The molecule has 0 aromatic heterocycles. The van der Waals surface area contributed by atoms with Crippen LogP contribution in [0.15, 0.2) is 48.6 Å². The Morgan fingerprint density at radius 3 is 1.19 bits per heavy atom. The van der Waals surface area contributed by atoms with Gasteiger partial charge in [-0.25, -0.2) is 0 Å². The molecule has 2 N–H and O–H groups in total. The number of carbonyl (C=O) groups excluding carboxylic acids is 1. The molecule has 0 bridgehead atoms. The molecule has 0 heterocycles. The lowest BCUT2D eigenvalue weighted by atomic mass is 10.0. The third-order valence-corrected chi connectivity index (χ3v) is 14.0. The van der Waals surface area contributed by atoms with Gasteiger partial charge in [-0.15, -0.1) is 0 Å². The summed E-state index contributed by atoms with van der Waals surface area (Å²) >= 11 is 0. The first kappa shape index (κ1) is 66.5. The number of nitrogens with zero attached hydrogens (tertiary/aromatic N) is 1. The predicted octanol–water partition coefficient (Wildman–Crippen LogP) is 16.9. The Bertz CT molecular complexity index is 1250. The van der Waals surface area contributed by atoms with Gasteiger partial charge in [0.15, 0.2) is 0 Å². The average Bonchev–Trinajstić information content (AvgIpc) is 3.30. The molecule has 9 heteroatoms. The van der Waals surface area contributed by atoms with Gasteiger partial charge in [0.25, 0.3) is 7.82 Å². The minimum atomic E-state index is -4.61. The number of hydrogen-bond donors (Lipinski definition) is 2. The smallest absolute Gasteiger partial charge is 0.268 e. The second-order valence-electron chi connectivity index (χ2n) is 21.0. The summed E-state index contributed by atoms with van der Waals surface area (Å²) < 4.78 is 23.3. The van der Waals surface area contributed by atoms with E-state index in [9.17, 15) is 19.4 Å². The van der Waals surface area contributed by atoms with E-state index in [0.29, 0.717) is 17.4 Å². The molecule has 0 fully saturated rings. The van der Waals surface area contributed by atoms with E-state index < -0.39 is 26.6 Å². The van der Waals surface area contributed by atoms with Gasteiger partial charge in [0, 0.05) is 6.42 Å². The monoisotopic (exact) mass is 977 g/mol. The number of aliphatic hydroxyl groups excluding tert-OH is 1. The zero-order valence-corrected chi connectivity index (χ0v) is 46.5. The Balaban J connectivity index is 4.20. The van der Waals surface area contributed by atoms with Crippen LogP contribution >= 0.6 is 7.82 Å². The molecule has 0 aliphatic heterocycles. The summed E-state index contributed by atoms with van der Waals surface area (Å²) in [6.07, 6.45) is 66.2. The Labute approximate surface area is 422 Å². The number of carbonyl (C=O) groups is 1. The maximum atomic E-state index is 13.0. The van der Waals surface area contributed by atoms with Gasteiger partial charge in [0.1, 0.15) is 13.2 Å². The minimum absolute atomic E-state index is 0.00923. The molecule has 68 heavy (non-hydrogen) atoms. The summed E-state index contributed by atoms with van der Waals surface area (Å²) in [5.41, 5.74) is 0. The van der Waals surface area contributed by atoms with Gasteiger partial charge in [0.2, 0.25) is 5.91 Å². The lowest BCUT2D eigenvalue weighted by Crippen LogP contribution is -2.45. The summed E-state index contributed by atoms with van der Waals surface area (Å²) in [7, 11) is 1.24. The van der Waals surface area contributed by atoms with E-state index >= 15 is 0 Å². The van der Waals surface area contributed by atoms with E-state index in [4.69, 9.17) is 9.05 Å². The highest BCUT2D eigenvalue weighted by Gasteiger charge is 2.23. The third kappa shape index (κ3) is 52.3. The summed E-state index contributed by atoms with van der Waals surface area (Å²) in [5, 5.41) is 13.8. The molecular weight excluding hydrogens is 864 g/mol. The van der Waals surface area contributed by atoms with Crippen molar-refractivity contribution < 1.29 is 32.9 Å². The zero-order chi connectivity index (χ0) is 49.9. The van der Waals surface area contributed by atoms with Crippen molar-refractivity contribution in [3.8, 4) is 0 Å². The quantitative estimate of drug-likeness (QED) is 0.0272. The second-order valence-corrected chi connectivity index (χ2v) is 22.4. The van der Waals surface area contributed by atoms with Crippen LogP contribution in [0.5, 0.6) is 0 Å². The first-order valence-corrected chi connectivity index (χ1v) is 30.5.